The molecule has 2 aromatic rings. The average molecular weight is 372 g/mol. The molecular formula is C15H20BrClN4. The van der Waals surface area contributed by atoms with Gasteiger partial charge in [0.2, 0.25) is 0 Å². The Morgan fingerprint density at radius 3 is 2.86 bits per heavy atom. The van der Waals surface area contributed by atoms with E-state index in [0.29, 0.717) is 5.02 Å². The number of aryl methyl sites for hydroxylation is 1. The summed E-state index contributed by atoms with van der Waals surface area (Å²) in [4.78, 5) is 2.24. The maximum Gasteiger partial charge on any atom is 0.0534 e. The molecule has 6 heteroatoms. The minimum atomic E-state index is -0.0538. The smallest absolute Gasteiger partial charge is 0.0534 e. The van der Waals surface area contributed by atoms with Crippen molar-refractivity contribution < 1.29 is 0 Å². The Kier molecular flexibility index (Phi) is 5.81. The lowest BCUT2D eigenvalue weighted by molar-refractivity contribution is 0.311. The van der Waals surface area contributed by atoms with E-state index in [9.17, 15) is 0 Å². The first-order chi connectivity index (χ1) is 9.95. The van der Waals surface area contributed by atoms with Gasteiger partial charge in [0.25, 0.3) is 0 Å². The summed E-state index contributed by atoms with van der Waals surface area (Å²) in [5.41, 5.74) is 8.45. The summed E-state index contributed by atoms with van der Waals surface area (Å²) in [6.45, 7) is 1.77. The van der Waals surface area contributed by atoms with E-state index in [1.807, 2.05) is 42.3 Å². The summed E-state index contributed by atoms with van der Waals surface area (Å²) < 4.78 is 2.79. The van der Waals surface area contributed by atoms with Crippen molar-refractivity contribution in [3.63, 3.8) is 0 Å². The van der Waals surface area contributed by atoms with E-state index in [1.54, 1.807) is 0 Å². The quantitative estimate of drug-likeness (QED) is 0.847. The van der Waals surface area contributed by atoms with Gasteiger partial charge in [-0.15, -0.1) is 0 Å². The predicted molar refractivity (Wildman–Crippen MR) is 90.2 cm³/mol. The molecule has 1 unspecified atom stereocenters. The summed E-state index contributed by atoms with van der Waals surface area (Å²) in [5, 5.41) is 4.89. The number of hydrogen-bond acceptors (Lipinski definition) is 3. The van der Waals surface area contributed by atoms with E-state index < -0.39 is 0 Å². The third-order valence-electron chi connectivity index (χ3n) is 3.39. The van der Waals surface area contributed by atoms with E-state index in [1.165, 1.54) is 5.56 Å². The SMILES string of the molecule is CN(CCC(N)c1ccc(Br)cc1Cl)Cc1cnn(C)c1. The monoisotopic (exact) mass is 370 g/mol. The molecule has 1 aromatic carbocycles. The van der Waals surface area contributed by atoms with Gasteiger partial charge in [-0.25, -0.2) is 0 Å². The number of nitrogens with zero attached hydrogens (tertiary/aromatic N) is 3. The fourth-order valence-corrected chi connectivity index (χ4v) is 3.08. The Morgan fingerprint density at radius 1 is 1.48 bits per heavy atom. The van der Waals surface area contributed by atoms with Gasteiger partial charge in [0.1, 0.15) is 0 Å². The number of nitrogens with two attached hydrogens (primary N) is 1. The zero-order chi connectivity index (χ0) is 15.4. The van der Waals surface area contributed by atoms with Crippen LogP contribution in [0.5, 0.6) is 0 Å². The molecule has 0 aliphatic carbocycles. The summed E-state index contributed by atoms with van der Waals surface area (Å²) in [7, 11) is 4.01. The van der Waals surface area contributed by atoms with Gasteiger partial charge in [0.15, 0.2) is 0 Å². The van der Waals surface area contributed by atoms with E-state index in [2.05, 4.69) is 33.0 Å². The van der Waals surface area contributed by atoms with Crippen LogP contribution >= 0.6 is 27.5 Å². The average Bonchev–Trinajstić information content (AvgIpc) is 2.81. The second-order valence-electron chi connectivity index (χ2n) is 5.32. The summed E-state index contributed by atoms with van der Waals surface area (Å²) in [6.07, 6.45) is 4.78. The molecule has 21 heavy (non-hydrogen) atoms. The van der Waals surface area contributed by atoms with Crippen LogP contribution < -0.4 is 5.73 Å². The Hall–Kier alpha value is -0.880. The summed E-state index contributed by atoms with van der Waals surface area (Å²) >= 11 is 9.64. The first kappa shape index (κ1) is 16.5. The van der Waals surface area contributed by atoms with Gasteiger partial charge in [0, 0.05) is 40.9 Å². The number of aromatic nitrogens is 2. The normalized spacial score (nSPS) is 12.9. The second-order valence-corrected chi connectivity index (χ2v) is 6.64. The van der Waals surface area contributed by atoms with Gasteiger partial charge in [-0.3, -0.25) is 4.68 Å². The van der Waals surface area contributed by atoms with Crippen LogP contribution in [0.3, 0.4) is 0 Å². The summed E-state index contributed by atoms with van der Waals surface area (Å²) in [5.74, 6) is 0. The topological polar surface area (TPSA) is 47.1 Å². The maximum atomic E-state index is 6.25. The fourth-order valence-electron chi connectivity index (χ4n) is 2.26. The van der Waals surface area contributed by atoms with Gasteiger partial charge >= 0.3 is 0 Å². The fraction of sp³-hybridized carbons (Fsp3) is 0.400. The molecule has 0 aliphatic rings. The molecule has 1 atom stereocenters. The standard InChI is InChI=1S/C15H20BrClN4/c1-20(9-11-8-19-21(2)10-11)6-5-15(18)13-4-3-12(16)7-14(13)17/h3-4,7-8,10,15H,5-6,9,18H2,1-2H3. The molecule has 1 heterocycles. The van der Waals surface area contributed by atoms with Gasteiger partial charge < -0.3 is 10.6 Å². The van der Waals surface area contributed by atoms with Crippen molar-refractivity contribution in [3.8, 4) is 0 Å². The third kappa shape index (κ3) is 4.81. The molecule has 0 amide bonds. The molecule has 0 fully saturated rings. The number of benzene rings is 1. The molecule has 1 aromatic heterocycles. The molecule has 4 nitrogen and oxygen atoms in total. The van der Waals surface area contributed by atoms with Crippen LogP contribution in [0.2, 0.25) is 5.02 Å². The molecule has 114 valence electrons. The van der Waals surface area contributed by atoms with Crippen LogP contribution in [-0.2, 0) is 13.6 Å². The molecule has 0 radical (unpaired) electrons. The van der Waals surface area contributed by atoms with Gasteiger partial charge in [0.05, 0.1) is 6.20 Å². The van der Waals surface area contributed by atoms with Crippen LogP contribution in [0.25, 0.3) is 0 Å². The lowest BCUT2D eigenvalue weighted by atomic mass is 10.0. The second kappa shape index (κ2) is 7.40. The van der Waals surface area contributed by atoms with Crippen molar-refractivity contribution in [1.82, 2.24) is 14.7 Å². The molecular weight excluding hydrogens is 352 g/mol. The van der Waals surface area contributed by atoms with Crippen LogP contribution in [0.15, 0.2) is 35.1 Å². The van der Waals surface area contributed by atoms with Crippen molar-refractivity contribution in [2.24, 2.45) is 12.8 Å². The highest BCUT2D eigenvalue weighted by Gasteiger charge is 2.12. The molecule has 0 saturated heterocycles. The molecule has 0 aliphatic heterocycles. The van der Waals surface area contributed by atoms with Crippen LogP contribution in [0.1, 0.15) is 23.6 Å². The minimum absolute atomic E-state index is 0.0538. The van der Waals surface area contributed by atoms with Crippen molar-refractivity contribution in [2.45, 2.75) is 19.0 Å². The Morgan fingerprint density at radius 2 is 2.24 bits per heavy atom. The number of hydrogen-bond donors (Lipinski definition) is 1. The number of halogens is 2. The highest BCUT2D eigenvalue weighted by Crippen LogP contribution is 2.27. The lowest BCUT2D eigenvalue weighted by Crippen LogP contribution is -2.23. The van der Waals surface area contributed by atoms with Gasteiger partial charge in [-0.1, -0.05) is 33.6 Å². The first-order valence-corrected chi connectivity index (χ1v) is 7.99. The Bertz CT molecular complexity index is 599. The van der Waals surface area contributed by atoms with Gasteiger partial charge in [-0.2, -0.15) is 5.10 Å². The molecule has 0 saturated carbocycles. The zero-order valence-electron chi connectivity index (χ0n) is 12.3. The van der Waals surface area contributed by atoms with E-state index in [-0.39, 0.29) is 6.04 Å². The van der Waals surface area contributed by atoms with E-state index in [0.717, 1.165) is 29.5 Å². The van der Waals surface area contributed by atoms with Crippen LogP contribution in [-0.4, -0.2) is 28.3 Å². The largest absolute Gasteiger partial charge is 0.324 e. The van der Waals surface area contributed by atoms with Gasteiger partial charge in [-0.05, 0) is 37.7 Å². The highest BCUT2D eigenvalue weighted by atomic mass is 79.9. The highest BCUT2D eigenvalue weighted by molar-refractivity contribution is 9.10. The molecule has 0 bridgehead atoms. The van der Waals surface area contributed by atoms with Crippen LogP contribution in [0.4, 0.5) is 0 Å². The predicted octanol–water partition coefficient (Wildman–Crippen LogP) is 3.36. The van der Waals surface area contributed by atoms with Crippen LogP contribution in [0, 0.1) is 0 Å². The van der Waals surface area contributed by atoms with Crippen molar-refractivity contribution in [3.05, 3.63) is 51.2 Å². The van der Waals surface area contributed by atoms with E-state index in [4.69, 9.17) is 17.3 Å². The molecule has 2 N–H and O–H groups in total. The number of rotatable bonds is 6. The molecule has 2 rings (SSSR count). The van der Waals surface area contributed by atoms with Crippen molar-refractivity contribution >= 4 is 27.5 Å². The lowest BCUT2D eigenvalue weighted by Gasteiger charge is -2.19. The Labute approximate surface area is 139 Å². The minimum Gasteiger partial charge on any atom is -0.324 e. The summed E-state index contributed by atoms with van der Waals surface area (Å²) in [6, 6.07) is 5.79. The maximum absolute atomic E-state index is 6.25. The van der Waals surface area contributed by atoms with Crippen molar-refractivity contribution in [1.29, 1.82) is 0 Å². The molecule has 0 spiro atoms. The Balaban J connectivity index is 1.86. The van der Waals surface area contributed by atoms with E-state index >= 15 is 0 Å². The first-order valence-electron chi connectivity index (χ1n) is 6.82. The van der Waals surface area contributed by atoms with Crippen molar-refractivity contribution in [2.75, 3.05) is 13.6 Å². The third-order valence-corrected chi connectivity index (χ3v) is 4.22. The zero-order valence-corrected chi connectivity index (χ0v) is 14.6.